The van der Waals surface area contributed by atoms with Crippen molar-refractivity contribution >= 4 is 29.9 Å². The highest BCUT2D eigenvalue weighted by molar-refractivity contribution is 14.0. The van der Waals surface area contributed by atoms with Gasteiger partial charge in [0, 0.05) is 42.5 Å². The van der Waals surface area contributed by atoms with Crippen molar-refractivity contribution in [3.8, 4) is 0 Å². The molecule has 0 radical (unpaired) electrons. The Kier molecular flexibility index (Phi) is 6.86. The number of hydrogen-bond acceptors (Lipinski definition) is 2. The number of pyridine rings is 1. The minimum atomic E-state index is 0. The molecular formula is C18H31IN4. The van der Waals surface area contributed by atoms with Gasteiger partial charge < -0.3 is 10.2 Å². The number of nitrogens with one attached hydrogen (secondary N) is 1. The molecule has 23 heavy (non-hydrogen) atoms. The zero-order valence-electron chi connectivity index (χ0n) is 15.3. The minimum absolute atomic E-state index is 0. The van der Waals surface area contributed by atoms with E-state index < -0.39 is 0 Å². The quantitative estimate of drug-likeness (QED) is 0.451. The summed E-state index contributed by atoms with van der Waals surface area (Å²) in [6.45, 7) is 16.1. The average Bonchev–Trinajstić information content (AvgIpc) is 2.46. The summed E-state index contributed by atoms with van der Waals surface area (Å²) in [6, 6.07) is 4.20. The van der Waals surface area contributed by atoms with Crippen LogP contribution in [0.1, 0.15) is 45.9 Å². The number of hydrogen-bond donors (Lipinski definition) is 1. The molecule has 0 amide bonds. The van der Waals surface area contributed by atoms with Crippen LogP contribution in [-0.4, -0.2) is 41.0 Å². The van der Waals surface area contributed by atoms with Crippen molar-refractivity contribution in [1.29, 1.82) is 0 Å². The molecule has 1 aliphatic heterocycles. The molecule has 2 heterocycles. The van der Waals surface area contributed by atoms with Gasteiger partial charge in [-0.1, -0.05) is 19.9 Å². The van der Waals surface area contributed by atoms with Gasteiger partial charge >= 0.3 is 0 Å². The first kappa shape index (κ1) is 20.2. The Morgan fingerprint density at radius 1 is 1.30 bits per heavy atom. The van der Waals surface area contributed by atoms with Gasteiger partial charge in [0.1, 0.15) is 0 Å². The van der Waals surface area contributed by atoms with Gasteiger partial charge in [-0.3, -0.25) is 9.98 Å². The predicted molar refractivity (Wildman–Crippen MR) is 109 cm³/mol. The number of rotatable bonds is 4. The standard InChI is InChI=1S/C18H30N4.HI/c1-7-19-16(22-13-17(3,4)18(22,5)6)20-11-10-15-9-8-14(2)21-12-15;/h8-9,12H,7,10-11,13H2,1-6H3,(H,19,20);1H. The summed E-state index contributed by atoms with van der Waals surface area (Å²) < 4.78 is 0. The predicted octanol–water partition coefficient (Wildman–Crippen LogP) is 3.64. The van der Waals surface area contributed by atoms with E-state index in [1.807, 2.05) is 13.1 Å². The lowest BCUT2D eigenvalue weighted by Crippen LogP contribution is -2.72. The summed E-state index contributed by atoms with van der Waals surface area (Å²) in [6.07, 6.45) is 2.88. The molecule has 0 unspecified atom stereocenters. The molecule has 0 saturated carbocycles. The summed E-state index contributed by atoms with van der Waals surface area (Å²) >= 11 is 0. The van der Waals surface area contributed by atoms with E-state index in [-0.39, 0.29) is 29.5 Å². The van der Waals surface area contributed by atoms with Gasteiger partial charge in [-0.25, -0.2) is 0 Å². The van der Waals surface area contributed by atoms with Crippen molar-refractivity contribution in [2.75, 3.05) is 19.6 Å². The van der Waals surface area contributed by atoms with E-state index >= 15 is 0 Å². The van der Waals surface area contributed by atoms with Crippen LogP contribution in [0.25, 0.3) is 0 Å². The first-order chi connectivity index (χ1) is 10.3. The summed E-state index contributed by atoms with van der Waals surface area (Å²) in [5.41, 5.74) is 2.77. The summed E-state index contributed by atoms with van der Waals surface area (Å²) in [4.78, 5) is 11.6. The van der Waals surface area contributed by atoms with E-state index in [2.05, 4.69) is 62.0 Å². The average molecular weight is 430 g/mol. The molecular weight excluding hydrogens is 399 g/mol. The first-order valence-corrected chi connectivity index (χ1v) is 8.25. The fourth-order valence-corrected chi connectivity index (χ4v) is 2.73. The van der Waals surface area contributed by atoms with E-state index in [1.54, 1.807) is 0 Å². The number of aromatic nitrogens is 1. The molecule has 2 rings (SSSR count). The zero-order valence-corrected chi connectivity index (χ0v) is 17.6. The Labute approximate surface area is 158 Å². The van der Waals surface area contributed by atoms with Gasteiger partial charge in [0.15, 0.2) is 5.96 Å². The topological polar surface area (TPSA) is 40.5 Å². The molecule has 0 bridgehead atoms. The summed E-state index contributed by atoms with van der Waals surface area (Å²) in [5.74, 6) is 1.03. The number of aliphatic imine (C=N–C) groups is 1. The summed E-state index contributed by atoms with van der Waals surface area (Å²) in [7, 11) is 0. The Bertz CT molecular complexity index is 534. The van der Waals surface area contributed by atoms with Gasteiger partial charge in [0.05, 0.1) is 0 Å². The monoisotopic (exact) mass is 430 g/mol. The zero-order chi connectivity index (χ0) is 16.4. The van der Waals surface area contributed by atoms with E-state index in [9.17, 15) is 0 Å². The Hall–Kier alpha value is -0.850. The van der Waals surface area contributed by atoms with Crippen molar-refractivity contribution in [2.24, 2.45) is 10.4 Å². The van der Waals surface area contributed by atoms with E-state index in [0.29, 0.717) is 5.41 Å². The highest BCUT2D eigenvalue weighted by Crippen LogP contribution is 2.46. The maximum atomic E-state index is 4.82. The number of nitrogens with zero attached hydrogens (tertiary/aromatic N) is 3. The van der Waals surface area contributed by atoms with Crippen LogP contribution in [0.3, 0.4) is 0 Å². The maximum Gasteiger partial charge on any atom is 0.194 e. The van der Waals surface area contributed by atoms with Crippen LogP contribution in [0.15, 0.2) is 23.3 Å². The number of likely N-dealkylation sites (tertiary alicyclic amines) is 1. The minimum Gasteiger partial charge on any atom is -0.356 e. The molecule has 0 aromatic carbocycles. The lowest BCUT2D eigenvalue weighted by molar-refractivity contribution is -0.0667. The Morgan fingerprint density at radius 3 is 2.48 bits per heavy atom. The number of halogens is 1. The SMILES string of the molecule is CCNC(=NCCc1ccc(C)nc1)N1CC(C)(C)C1(C)C.I. The van der Waals surface area contributed by atoms with Crippen LogP contribution < -0.4 is 5.32 Å². The number of aryl methyl sites for hydroxylation is 1. The first-order valence-electron chi connectivity index (χ1n) is 8.25. The van der Waals surface area contributed by atoms with Crippen LogP contribution >= 0.6 is 24.0 Å². The van der Waals surface area contributed by atoms with Gasteiger partial charge in [-0.2, -0.15) is 0 Å². The molecule has 0 spiro atoms. The second-order valence-electron chi connectivity index (χ2n) is 7.32. The number of guanidine groups is 1. The molecule has 1 saturated heterocycles. The molecule has 4 nitrogen and oxygen atoms in total. The van der Waals surface area contributed by atoms with Crippen LogP contribution in [0.4, 0.5) is 0 Å². The molecule has 0 atom stereocenters. The lowest BCUT2D eigenvalue weighted by Gasteiger charge is -2.62. The van der Waals surface area contributed by atoms with Gasteiger partial charge in [0.25, 0.3) is 0 Å². The van der Waals surface area contributed by atoms with Crippen molar-refractivity contribution in [3.63, 3.8) is 0 Å². The molecule has 1 aromatic heterocycles. The highest BCUT2D eigenvalue weighted by atomic mass is 127. The lowest BCUT2D eigenvalue weighted by atomic mass is 9.65. The molecule has 1 fully saturated rings. The van der Waals surface area contributed by atoms with Crippen molar-refractivity contribution in [1.82, 2.24) is 15.2 Å². The molecule has 0 aliphatic carbocycles. The van der Waals surface area contributed by atoms with Crippen LogP contribution in [0.5, 0.6) is 0 Å². The van der Waals surface area contributed by atoms with E-state index in [4.69, 9.17) is 4.99 Å². The van der Waals surface area contributed by atoms with Gasteiger partial charge in [-0.15, -0.1) is 24.0 Å². The Morgan fingerprint density at radius 2 is 2.00 bits per heavy atom. The fraction of sp³-hybridized carbons (Fsp3) is 0.667. The van der Waals surface area contributed by atoms with Gasteiger partial charge in [0.2, 0.25) is 0 Å². The van der Waals surface area contributed by atoms with Crippen molar-refractivity contribution in [3.05, 3.63) is 29.6 Å². The smallest absolute Gasteiger partial charge is 0.194 e. The Balaban J connectivity index is 0.00000264. The van der Waals surface area contributed by atoms with Crippen LogP contribution in [0, 0.1) is 12.3 Å². The third kappa shape index (κ3) is 4.37. The molecule has 130 valence electrons. The maximum absolute atomic E-state index is 4.82. The van der Waals surface area contributed by atoms with Gasteiger partial charge in [-0.05, 0) is 45.7 Å². The normalized spacial score (nSPS) is 18.9. The van der Waals surface area contributed by atoms with Crippen molar-refractivity contribution < 1.29 is 0 Å². The molecule has 1 N–H and O–H groups in total. The van der Waals surface area contributed by atoms with Crippen molar-refractivity contribution in [2.45, 2.75) is 53.5 Å². The fourth-order valence-electron chi connectivity index (χ4n) is 2.73. The van der Waals surface area contributed by atoms with Crippen LogP contribution in [-0.2, 0) is 6.42 Å². The third-order valence-electron chi connectivity index (χ3n) is 5.11. The largest absolute Gasteiger partial charge is 0.356 e. The van der Waals surface area contributed by atoms with E-state index in [0.717, 1.165) is 37.7 Å². The third-order valence-corrected chi connectivity index (χ3v) is 5.11. The molecule has 1 aromatic rings. The second kappa shape index (κ2) is 7.81. The second-order valence-corrected chi connectivity index (χ2v) is 7.32. The molecule has 1 aliphatic rings. The van der Waals surface area contributed by atoms with E-state index in [1.165, 1.54) is 5.56 Å². The van der Waals surface area contributed by atoms with Crippen LogP contribution in [0.2, 0.25) is 0 Å². The summed E-state index contributed by atoms with van der Waals surface area (Å²) in [5, 5.41) is 3.43. The molecule has 5 heteroatoms. The highest BCUT2D eigenvalue weighted by Gasteiger charge is 2.53.